The van der Waals surface area contributed by atoms with Gasteiger partial charge >= 0.3 is 5.97 Å². The number of carboxylic acid groups (broad SMARTS) is 1. The van der Waals surface area contributed by atoms with Crippen molar-refractivity contribution in [1.82, 2.24) is 5.32 Å². The van der Waals surface area contributed by atoms with Crippen LogP contribution in [-0.4, -0.2) is 42.1 Å². The van der Waals surface area contributed by atoms with Crippen LogP contribution in [-0.2, 0) is 4.79 Å². The van der Waals surface area contributed by atoms with Crippen molar-refractivity contribution in [3.05, 3.63) is 42.0 Å². The fraction of sp³-hybridized carbons (Fsp3) is 0.250. The Balaban J connectivity index is 2.07. The summed E-state index contributed by atoms with van der Waals surface area (Å²) in [5.41, 5.74) is 0.583. The number of rotatable bonds is 7. The number of carboxylic acids is 1. The number of fused-ring (bicyclic) bond motifs is 1. The van der Waals surface area contributed by atoms with Crippen molar-refractivity contribution >= 4 is 34.4 Å². The third-order valence-corrected chi connectivity index (χ3v) is 4.05. The minimum absolute atomic E-state index is 0.0430. The van der Waals surface area contributed by atoms with Crippen molar-refractivity contribution in [2.45, 2.75) is 0 Å². The first-order chi connectivity index (χ1) is 10.6. The number of hydrogen-bond donors (Lipinski definition) is 2. The molecule has 0 heterocycles. The maximum Gasteiger partial charge on any atom is 0.313 e. The standard InChI is InChI=1S/C16H17NO4S/c1-21-14-7-6-13(11-4-2-3-5-12(11)14)16(20)17-8-9-22-10-15(18)19/h2-7H,8-10H2,1H3,(H,17,20)(H,18,19). The third-order valence-electron chi connectivity index (χ3n) is 3.11. The van der Waals surface area contributed by atoms with Gasteiger partial charge in [0.05, 0.1) is 12.9 Å². The van der Waals surface area contributed by atoms with Gasteiger partial charge in [0.1, 0.15) is 5.75 Å². The Morgan fingerprint density at radius 3 is 2.59 bits per heavy atom. The van der Waals surface area contributed by atoms with Crippen LogP contribution in [0.4, 0.5) is 0 Å². The van der Waals surface area contributed by atoms with Crippen LogP contribution < -0.4 is 10.1 Å². The molecule has 2 aromatic rings. The van der Waals surface area contributed by atoms with Gasteiger partial charge in [-0.1, -0.05) is 24.3 Å². The number of methoxy groups -OCH3 is 1. The first-order valence-corrected chi connectivity index (χ1v) is 7.92. The van der Waals surface area contributed by atoms with E-state index in [2.05, 4.69) is 5.32 Å². The van der Waals surface area contributed by atoms with Gasteiger partial charge in [-0.15, -0.1) is 11.8 Å². The zero-order valence-electron chi connectivity index (χ0n) is 12.2. The Hall–Kier alpha value is -2.21. The van der Waals surface area contributed by atoms with Crippen LogP contribution in [0.25, 0.3) is 10.8 Å². The molecule has 0 atom stereocenters. The van der Waals surface area contributed by atoms with Crippen LogP contribution in [0, 0.1) is 0 Å². The zero-order valence-corrected chi connectivity index (χ0v) is 13.0. The molecule has 22 heavy (non-hydrogen) atoms. The number of carbonyl (C=O) groups is 2. The summed E-state index contributed by atoms with van der Waals surface area (Å²) in [6.07, 6.45) is 0. The van der Waals surface area contributed by atoms with Gasteiger partial charge in [0.15, 0.2) is 0 Å². The first-order valence-electron chi connectivity index (χ1n) is 6.77. The average molecular weight is 319 g/mol. The van der Waals surface area contributed by atoms with E-state index in [-0.39, 0.29) is 11.7 Å². The highest BCUT2D eigenvalue weighted by Crippen LogP contribution is 2.28. The zero-order chi connectivity index (χ0) is 15.9. The molecule has 116 valence electrons. The van der Waals surface area contributed by atoms with Crippen LogP contribution in [0.1, 0.15) is 10.4 Å². The van der Waals surface area contributed by atoms with E-state index in [1.54, 1.807) is 19.2 Å². The molecule has 0 radical (unpaired) electrons. The average Bonchev–Trinajstić information content (AvgIpc) is 2.53. The van der Waals surface area contributed by atoms with Crippen molar-refractivity contribution in [2.24, 2.45) is 0 Å². The topological polar surface area (TPSA) is 75.6 Å². The van der Waals surface area contributed by atoms with Gasteiger partial charge in [0, 0.05) is 23.2 Å². The Morgan fingerprint density at radius 2 is 1.91 bits per heavy atom. The molecule has 0 aliphatic heterocycles. The molecule has 2 rings (SSSR count). The molecule has 1 amide bonds. The highest BCUT2D eigenvalue weighted by molar-refractivity contribution is 7.99. The van der Waals surface area contributed by atoms with Gasteiger partial charge in [-0.3, -0.25) is 9.59 Å². The summed E-state index contributed by atoms with van der Waals surface area (Å²) >= 11 is 1.27. The maximum absolute atomic E-state index is 12.3. The van der Waals surface area contributed by atoms with Gasteiger partial charge in [-0.05, 0) is 17.5 Å². The lowest BCUT2D eigenvalue weighted by Gasteiger charge is -2.10. The second-order valence-electron chi connectivity index (χ2n) is 4.56. The van der Waals surface area contributed by atoms with E-state index in [1.807, 2.05) is 24.3 Å². The van der Waals surface area contributed by atoms with Gasteiger partial charge < -0.3 is 15.2 Å². The monoisotopic (exact) mass is 319 g/mol. The third kappa shape index (κ3) is 3.92. The number of benzene rings is 2. The van der Waals surface area contributed by atoms with Crippen molar-refractivity contribution < 1.29 is 19.4 Å². The van der Waals surface area contributed by atoms with Crippen LogP contribution in [0.2, 0.25) is 0 Å². The number of nitrogens with one attached hydrogen (secondary N) is 1. The molecule has 0 aliphatic carbocycles. The molecule has 0 saturated heterocycles. The lowest BCUT2D eigenvalue weighted by Crippen LogP contribution is -2.26. The smallest absolute Gasteiger partial charge is 0.313 e. The normalized spacial score (nSPS) is 10.4. The summed E-state index contributed by atoms with van der Waals surface area (Å²) in [5.74, 6) is 0.310. The number of hydrogen-bond acceptors (Lipinski definition) is 4. The summed E-state index contributed by atoms with van der Waals surface area (Å²) in [7, 11) is 1.60. The second kappa shape index (κ2) is 7.70. The molecule has 0 spiro atoms. The minimum Gasteiger partial charge on any atom is -0.496 e. The fourth-order valence-corrected chi connectivity index (χ4v) is 2.70. The number of carbonyl (C=O) groups excluding carboxylic acids is 1. The molecule has 0 saturated carbocycles. The Bertz CT molecular complexity index is 687. The molecule has 0 fully saturated rings. The molecule has 0 aromatic heterocycles. The quantitative estimate of drug-likeness (QED) is 0.767. The van der Waals surface area contributed by atoms with E-state index in [1.165, 1.54) is 11.8 Å². The number of ether oxygens (including phenoxy) is 1. The largest absolute Gasteiger partial charge is 0.496 e. The molecular weight excluding hydrogens is 302 g/mol. The van der Waals surface area contributed by atoms with Crippen molar-refractivity contribution in [3.8, 4) is 5.75 Å². The van der Waals surface area contributed by atoms with E-state index in [0.717, 1.165) is 16.5 Å². The molecule has 5 nitrogen and oxygen atoms in total. The number of amides is 1. The number of thioether (sulfide) groups is 1. The minimum atomic E-state index is -0.850. The summed E-state index contributed by atoms with van der Waals surface area (Å²) in [6, 6.07) is 11.1. The van der Waals surface area contributed by atoms with Gasteiger partial charge in [0.2, 0.25) is 0 Å². The van der Waals surface area contributed by atoms with E-state index >= 15 is 0 Å². The summed E-state index contributed by atoms with van der Waals surface area (Å²) in [6.45, 7) is 0.428. The maximum atomic E-state index is 12.3. The second-order valence-corrected chi connectivity index (χ2v) is 5.67. The van der Waals surface area contributed by atoms with Crippen molar-refractivity contribution in [3.63, 3.8) is 0 Å². The lowest BCUT2D eigenvalue weighted by atomic mass is 10.0. The van der Waals surface area contributed by atoms with Crippen LogP contribution in [0.15, 0.2) is 36.4 Å². The van der Waals surface area contributed by atoms with Crippen LogP contribution >= 0.6 is 11.8 Å². The molecule has 0 aliphatic rings. The van der Waals surface area contributed by atoms with E-state index < -0.39 is 5.97 Å². The first kappa shape index (κ1) is 16.2. The molecule has 6 heteroatoms. The Labute approximate surface area is 132 Å². The fourth-order valence-electron chi connectivity index (χ4n) is 2.14. The van der Waals surface area contributed by atoms with E-state index in [0.29, 0.717) is 17.9 Å². The number of aliphatic carboxylic acids is 1. The van der Waals surface area contributed by atoms with Crippen molar-refractivity contribution in [1.29, 1.82) is 0 Å². The summed E-state index contributed by atoms with van der Waals surface area (Å²) < 4.78 is 5.31. The van der Waals surface area contributed by atoms with Gasteiger partial charge in [-0.25, -0.2) is 0 Å². The van der Waals surface area contributed by atoms with Crippen LogP contribution in [0.5, 0.6) is 5.75 Å². The summed E-state index contributed by atoms with van der Waals surface area (Å²) in [4.78, 5) is 22.7. The summed E-state index contributed by atoms with van der Waals surface area (Å²) in [5, 5.41) is 13.1. The molecule has 0 unspecified atom stereocenters. The SMILES string of the molecule is COc1ccc(C(=O)NCCSCC(=O)O)c2ccccc12. The van der Waals surface area contributed by atoms with Crippen LogP contribution in [0.3, 0.4) is 0 Å². The Kier molecular flexibility index (Phi) is 5.66. The highest BCUT2D eigenvalue weighted by Gasteiger charge is 2.12. The molecule has 2 aromatic carbocycles. The molecule has 0 bridgehead atoms. The highest BCUT2D eigenvalue weighted by atomic mass is 32.2. The van der Waals surface area contributed by atoms with Gasteiger partial charge in [0.25, 0.3) is 5.91 Å². The lowest BCUT2D eigenvalue weighted by molar-refractivity contribution is -0.133. The Morgan fingerprint density at radius 1 is 1.18 bits per heavy atom. The predicted molar refractivity (Wildman–Crippen MR) is 87.8 cm³/mol. The van der Waals surface area contributed by atoms with Crippen molar-refractivity contribution in [2.75, 3.05) is 25.2 Å². The van der Waals surface area contributed by atoms with E-state index in [9.17, 15) is 9.59 Å². The predicted octanol–water partition coefficient (Wildman–Crippen LogP) is 2.40. The molecule has 2 N–H and O–H groups in total. The van der Waals surface area contributed by atoms with Gasteiger partial charge in [-0.2, -0.15) is 0 Å². The van der Waals surface area contributed by atoms with E-state index in [4.69, 9.17) is 9.84 Å². The molecular formula is C16H17NO4S.